The van der Waals surface area contributed by atoms with Crippen molar-refractivity contribution in [2.75, 3.05) is 59.2 Å². The summed E-state index contributed by atoms with van der Waals surface area (Å²) < 4.78 is 4.83. The van der Waals surface area contributed by atoms with E-state index >= 15 is 0 Å². The number of likely N-dealkylation sites (tertiary alicyclic amines) is 1. The minimum Gasteiger partial charge on any atom is -0.453 e. The third kappa shape index (κ3) is 6.68. The number of nitrogens with two attached hydrogens (primary N) is 1. The third-order valence-corrected chi connectivity index (χ3v) is 7.56. The smallest absolute Gasteiger partial charge is 0.409 e. The maximum atomic E-state index is 13.0. The predicted molar refractivity (Wildman–Crippen MR) is 146 cm³/mol. The van der Waals surface area contributed by atoms with Gasteiger partial charge in [-0.25, -0.2) is 4.79 Å². The number of amides is 2. The molecule has 37 heavy (non-hydrogen) atoms. The fourth-order valence-corrected chi connectivity index (χ4v) is 5.24. The van der Waals surface area contributed by atoms with Crippen molar-refractivity contribution in [3.05, 3.63) is 41.5 Å². The molecule has 3 aliphatic rings. The number of guanidine groups is 1. The summed E-state index contributed by atoms with van der Waals surface area (Å²) >= 11 is 0. The number of hydrogen-bond donors (Lipinski definition) is 2. The molecule has 3 heterocycles. The van der Waals surface area contributed by atoms with E-state index in [0.717, 1.165) is 63.3 Å². The van der Waals surface area contributed by atoms with Crippen molar-refractivity contribution in [1.82, 2.24) is 14.7 Å². The Morgan fingerprint density at radius 3 is 2.54 bits per heavy atom. The van der Waals surface area contributed by atoms with Crippen molar-refractivity contribution >= 4 is 29.5 Å². The normalized spacial score (nSPS) is 21.6. The highest BCUT2D eigenvalue weighted by molar-refractivity contribution is 6.03. The number of carbonyl (C=O) groups is 2. The summed E-state index contributed by atoms with van der Waals surface area (Å²) in [6.45, 7) is 3.91. The van der Waals surface area contributed by atoms with Gasteiger partial charge in [-0.15, -0.1) is 0 Å². The molecule has 10 nitrogen and oxygen atoms in total. The lowest BCUT2D eigenvalue weighted by Gasteiger charge is -2.35. The summed E-state index contributed by atoms with van der Waals surface area (Å²) in [5.74, 6) is 1.12. The van der Waals surface area contributed by atoms with Gasteiger partial charge in [-0.3, -0.25) is 9.79 Å². The zero-order valence-corrected chi connectivity index (χ0v) is 22.2. The first-order valence-corrected chi connectivity index (χ1v) is 13.1. The predicted octanol–water partition coefficient (Wildman–Crippen LogP) is 2.79. The quantitative estimate of drug-likeness (QED) is 0.366. The fourth-order valence-electron chi connectivity index (χ4n) is 5.24. The molecule has 0 radical (unpaired) electrons. The number of benzene rings is 1. The van der Waals surface area contributed by atoms with Crippen LogP contribution in [0.4, 0.5) is 10.5 Å². The van der Waals surface area contributed by atoms with E-state index in [2.05, 4.69) is 33.3 Å². The lowest BCUT2D eigenvalue weighted by molar-refractivity contribution is 0.0659. The van der Waals surface area contributed by atoms with Gasteiger partial charge >= 0.3 is 6.09 Å². The zero-order valence-electron chi connectivity index (χ0n) is 22.2. The van der Waals surface area contributed by atoms with Gasteiger partial charge in [0.15, 0.2) is 5.96 Å². The molecular formula is C27H39N7O3. The number of carbonyl (C=O) groups excluding carboxylic acids is 2. The minimum atomic E-state index is -0.305. The lowest BCUT2D eigenvalue weighted by atomic mass is 9.87. The van der Waals surface area contributed by atoms with Crippen molar-refractivity contribution < 1.29 is 14.3 Å². The van der Waals surface area contributed by atoms with E-state index in [1.165, 1.54) is 12.7 Å². The van der Waals surface area contributed by atoms with Gasteiger partial charge in [0.05, 0.1) is 7.11 Å². The van der Waals surface area contributed by atoms with Gasteiger partial charge in [0.1, 0.15) is 5.84 Å². The Balaban J connectivity index is 1.37. The van der Waals surface area contributed by atoms with E-state index in [0.29, 0.717) is 18.7 Å². The molecule has 1 fully saturated rings. The first kappa shape index (κ1) is 26.7. The number of piperidine rings is 1. The molecule has 1 unspecified atom stereocenters. The number of methoxy groups -OCH3 is 1. The number of aliphatic imine (C=N–C) groups is 2. The van der Waals surface area contributed by atoms with Gasteiger partial charge in [0, 0.05) is 49.9 Å². The van der Waals surface area contributed by atoms with E-state index in [9.17, 15) is 9.59 Å². The Kier molecular flexibility index (Phi) is 8.81. The van der Waals surface area contributed by atoms with Crippen molar-refractivity contribution in [1.29, 1.82) is 0 Å². The highest BCUT2D eigenvalue weighted by Gasteiger charge is 2.28. The van der Waals surface area contributed by atoms with Crippen LogP contribution in [0, 0.1) is 5.92 Å². The summed E-state index contributed by atoms with van der Waals surface area (Å²) in [5, 5.41) is 3.13. The van der Waals surface area contributed by atoms with Gasteiger partial charge in [-0.2, -0.15) is 4.99 Å². The van der Waals surface area contributed by atoms with Crippen molar-refractivity contribution in [2.45, 2.75) is 38.1 Å². The van der Waals surface area contributed by atoms with E-state index in [-0.39, 0.29) is 29.9 Å². The Morgan fingerprint density at radius 1 is 1.16 bits per heavy atom. The standard InChI is InChI=1S/C27H39N7O3/c1-32-15-12-22(13-16-32)33(2)25(35)20-6-8-21(9-7-20)30-26(28)31-24-23(5-4-14-29-24)19-10-17-34(18-11-19)27(36)37-3/h6-10,22-23H,4-5,11-18H2,1-3H3,(H3,28,29,30,31). The summed E-state index contributed by atoms with van der Waals surface area (Å²) in [6, 6.07) is 7.62. The van der Waals surface area contributed by atoms with Crippen LogP contribution in [-0.2, 0) is 4.74 Å². The number of hydrogen-bond acceptors (Lipinski definition) is 6. The Labute approximate surface area is 219 Å². The highest BCUT2D eigenvalue weighted by atomic mass is 16.5. The summed E-state index contributed by atoms with van der Waals surface area (Å²) in [5.41, 5.74) is 8.91. The van der Waals surface area contributed by atoms with Gasteiger partial charge in [0.25, 0.3) is 5.91 Å². The summed E-state index contributed by atoms with van der Waals surface area (Å²) in [7, 11) is 5.41. The fraction of sp³-hybridized carbons (Fsp3) is 0.556. The second-order valence-corrected chi connectivity index (χ2v) is 10.0. The molecular weight excluding hydrogens is 470 g/mol. The van der Waals surface area contributed by atoms with E-state index in [1.807, 2.05) is 36.2 Å². The second kappa shape index (κ2) is 12.2. The Hall–Kier alpha value is -3.40. The van der Waals surface area contributed by atoms with Crippen LogP contribution in [0.2, 0.25) is 0 Å². The number of nitrogens with one attached hydrogen (secondary N) is 1. The number of rotatable bonds is 4. The Bertz CT molecular complexity index is 1060. The second-order valence-electron chi connectivity index (χ2n) is 10.0. The van der Waals surface area contributed by atoms with Crippen LogP contribution in [0.3, 0.4) is 0 Å². The van der Waals surface area contributed by atoms with Gasteiger partial charge in [0.2, 0.25) is 0 Å². The average molecular weight is 510 g/mol. The molecule has 1 saturated heterocycles. The first-order valence-electron chi connectivity index (χ1n) is 13.1. The number of anilines is 1. The molecule has 1 aromatic rings. The first-order chi connectivity index (χ1) is 17.9. The highest BCUT2D eigenvalue weighted by Crippen LogP contribution is 2.28. The van der Waals surface area contributed by atoms with Crippen LogP contribution in [0.15, 0.2) is 45.9 Å². The SMILES string of the molecule is COC(=O)N1CC=C(C2CCCN=C2N=C(N)Nc2ccc(C(=O)N(C)C3CCN(C)CC3)cc2)CC1. The van der Waals surface area contributed by atoms with Crippen LogP contribution in [0.5, 0.6) is 0 Å². The zero-order chi connectivity index (χ0) is 26.4. The van der Waals surface area contributed by atoms with Crippen molar-refractivity contribution in [3.8, 4) is 0 Å². The average Bonchev–Trinajstić information content (AvgIpc) is 2.93. The number of ether oxygens (including phenoxy) is 1. The molecule has 0 aromatic heterocycles. The monoisotopic (exact) mass is 509 g/mol. The third-order valence-electron chi connectivity index (χ3n) is 7.56. The van der Waals surface area contributed by atoms with Gasteiger partial charge in [-0.05, 0) is 76.5 Å². The molecule has 10 heteroatoms. The molecule has 0 saturated carbocycles. The Morgan fingerprint density at radius 2 is 1.89 bits per heavy atom. The van der Waals surface area contributed by atoms with Crippen LogP contribution >= 0.6 is 0 Å². The minimum absolute atomic E-state index is 0.0358. The van der Waals surface area contributed by atoms with Gasteiger partial charge in [-0.1, -0.05) is 11.6 Å². The van der Waals surface area contributed by atoms with Crippen molar-refractivity contribution in [3.63, 3.8) is 0 Å². The van der Waals surface area contributed by atoms with Crippen LogP contribution in [0.25, 0.3) is 0 Å². The maximum absolute atomic E-state index is 13.0. The largest absolute Gasteiger partial charge is 0.453 e. The summed E-state index contributed by atoms with van der Waals surface area (Å²) in [6.07, 6.45) is 6.50. The molecule has 3 N–H and O–H groups in total. The molecule has 2 amide bonds. The molecule has 1 atom stereocenters. The number of amidine groups is 1. The molecule has 0 bridgehead atoms. The molecule has 0 spiro atoms. The topological polar surface area (TPSA) is 116 Å². The maximum Gasteiger partial charge on any atom is 0.409 e. The van der Waals surface area contributed by atoms with Crippen LogP contribution in [0.1, 0.15) is 42.5 Å². The summed E-state index contributed by atoms with van der Waals surface area (Å²) in [4.78, 5) is 39.9. The van der Waals surface area contributed by atoms with E-state index < -0.39 is 0 Å². The lowest BCUT2D eigenvalue weighted by Crippen LogP contribution is -2.44. The van der Waals surface area contributed by atoms with Crippen LogP contribution in [-0.4, -0.2) is 98.5 Å². The van der Waals surface area contributed by atoms with Crippen molar-refractivity contribution in [2.24, 2.45) is 21.6 Å². The molecule has 200 valence electrons. The molecule has 3 aliphatic heterocycles. The van der Waals surface area contributed by atoms with E-state index in [4.69, 9.17) is 10.5 Å². The van der Waals surface area contributed by atoms with E-state index in [1.54, 1.807) is 4.90 Å². The number of nitrogens with zero attached hydrogens (tertiary/aromatic N) is 5. The van der Waals surface area contributed by atoms with Gasteiger partial charge < -0.3 is 30.5 Å². The molecule has 0 aliphatic carbocycles. The molecule has 1 aromatic carbocycles. The molecule has 4 rings (SSSR count). The van der Waals surface area contributed by atoms with Crippen LogP contribution < -0.4 is 11.1 Å².